The van der Waals surface area contributed by atoms with E-state index in [-0.39, 0.29) is 11.6 Å². The fraction of sp³-hybridized carbons (Fsp3) is 0.417. The number of nitrogens with two attached hydrogens (primary N) is 1. The van der Waals surface area contributed by atoms with Crippen LogP contribution < -0.4 is 20.3 Å². The summed E-state index contributed by atoms with van der Waals surface area (Å²) in [6.45, 7) is 9.41. The van der Waals surface area contributed by atoms with Gasteiger partial charge in [0.15, 0.2) is 17.3 Å². The lowest BCUT2D eigenvalue weighted by atomic mass is 9.93. The lowest BCUT2D eigenvalue weighted by Gasteiger charge is -2.20. The van der Waals surface area contributed by atoms with Crippen molar-refractivity contribution in [1.29, 1.82) is 0 Å². The SMILES string of the molecule is COc1cc2nc(C[NH2+][C@@H](c3ccc(C(C)C)cc3)C(C)C)[nH]c(=O)c2cc1OC. The molecule has 0 saturated heterocycles. The van der Waals surface area contributed by atoms with Crippen LogP contribution in [0.3, 0.4) is 0 Å². The van der Waals surface area contributed by atoms with Gasteiger partial charge in [0.2, 0.25) is 0 Å². The average Bonchev–Trinajstić information content (AvgIpc) is 2.73. The molecule has 6 nitrogen and oxygen atoms in total. The molecule has 0 aliphatic rings. The number of H-pyrrole nitrogens is 1. The van der Waals surface area contributed by atoms with Gasteiger partial charge >= 0.3 is 0 Å². The van der Waals surface area contributed by atoms with Crippen molar-refractivity contribution in [1.82, 2.24) is 9.97 Å². The van der Waals surface area contributed by atoms with Gasteiger partial charge in [-0.05, 0) is 17.5 Å². The molecular formula is C24H32N3O3+. The van der Waals surface area contributed by atoms with Gasteiger partial charge < -0.3 is 19.8 Å². The summed E-state index contributed by atoms with van der Waals surface area (Å²) in [6, 6.07) is 12.5. The first-order chi connectivity index (χ1) is 14.3. The van der Waals surface area contributed by atoms with Crippen LogP contribution in [-0.4, -0.2) is 24.2 Å². The number of fused-ring (bicyclic) bond motifs is 1. The first-order valence-electron chi connectivity index (χ1n) is 10.4. The van der Waals surface area contributed by atoms with Gasteiger partial charge in [-0.3, -0.25) is 4.79 Å². The first-order valence-corrected chi connectivity index (χ1v) is 10.4. The fourth-order valence-corrected chi connectivity index (χ4v) is 3.75. The van der Waals surface area contributed by atoms with E-state index in [9.17, 15) is 4.79 Å². The van der Waals surface area contributed by atoms with Gasteiger partial charge in [-0.1, -0.05) is 52.0 Å². The fourth-order valence-electron chi connectivity index (χ4n) is 3.75. The number of methoxy groups -OCH3 is 2. The predicted octanol–water partition coefficient (Wildman–Crippen LogP) is 3.52. The van der Waals surface area contributed by atoms with Crippen LogP contribution in [-0.2, 0) is 6.54 Å². The highest BCUT2D eigenvalue weighted by atomic mass is 16.5. The predicted molar refractivity (Wildman–Crippen MR) is 119 cm³/mol. The Balaban J connectivity index is 1.86. The number of nitrogens with zero attached hydrogens (tertiary/aromatic N) is 1. The molecule has 160 valence electrons. The molecule has 6 heteroatoms. The van der Waals surface area contributed by atoms with Gasteiger partial charge in [-0.25, -0.2) is 4.98 Å². The number of aromatic nitrogens is 2. The molecule has 2 aromatic carbocycles. The van der Waals surface area contributed by atoms with Crippen LogP contribution in [0.1, 0.15) is 56.6 Å². The minimum absolute atomic E-state index is 0.174. The third-order valence-electron chi connectivity index (χ3n) is 5.53. The zero-order valence-corrected chi connectivity index (χ0v) is 18.7. The van der Waals surface area contributed by atoms with Crippen LogP contribution in [0.25, 0.3) is 10.9 Å². The Morgan fingerprint density at radius 2 is 1.57 bits per heavy atom. The molecule has 0 radical (unpaired) electrons. The number of hydrogen-bond acceptors (Lipinski definition) is 4. The van der Waals surface area contributed by atoms with Gasteiger partial charge in [0.05, 0.1) is 25.1 Å². The normalized spacial score (nSPS) is 12.5. The van der Waals surface area contributed by atoms with Crippen molar-refractivity contribution in [3.63, 3.8) is 0 Å². The highest BCUT2D eigenvalue weighted by molar-refractivity contribution is 5.81. The number of ether oxygens (including phenoxy) is 2. The molecule has 0 fully saturated rings. The second kappa shape index (κ2) is 9.30. The Bertz CT molecular complexity index is 1060. The summed E-state index contributed by atoms with van der Waals surface area (Å²) in [5.74, 6) is 2.67. The largest absolute Gasteiger partial charge is 0.493 e. The number of quaternary nitrogens is 1. The standard InChI is InChI=1S/C24H31N3O3/c1-14(2)16-7-9-17(10-8-16)23(15(3)4)25-13-22-26-19-12-21(30-6)20(29-5)11-18(19)24(28)27-22/h7-12,14-15,23,25H,13H2,1-6H3,(H,26,27,28)/p+1/t23-/m1/s1. The van der Waals surface area contributed by atoms with E-state index in [1.54, 1.807) is 26.4 Å². The van der Waals surface area contributed by atoms with E-state index in [1.165, 1.54) is 11.1 Å². The molecule has 3 rings (SSSR count). The molecule has 1 heterocycles. The molecule has 3 N–H and O–H groups in total. The van der Waals surface area contributed by atoms with E-state index in [2.05, 4.69) is 67.2 Å². The molecule has 0 unspecified atom stereocenters. The van der Waals surface area contributed by atoms with E-state index < -0.39 is 0 Å². The van der Waals surface area contributed by atoms with Crippen LogP contribution in [0.2, 0.25) is 0 Å². The molecular weight excluding hydrogens is 378 g/mol. The Kier molecular flexibility index (Phi) is 6.77. The number of hydrogen-bond donors (Lipinski definition) is 2. The van der Waals surface area contributed by atoms with Gasteiger partial charge in [0, 0.05) is 17.5 Å². The number of nitrogens with one attached hydrogen (secondary N) is 1. The maximum atomic E-state index is 12.6. The van der Waals surface area contributed by atoms with E-state index in [0.29, 0.717) is 46.6 Å². The van der Waals surface area contributed by atoms with E-state index >= 15 is 0 Å². The molecule has 1 aromatic heterocycles. The maximum Gasteiger partial charge on any atom is 0.259 e. The van der Waals surface area contributed by atoms with E-state index in [4.69, 9.17) is 9.47 Å². The zero-order chi connectivity index (χ0) is 21.8. The topological polar surface area (TPSA) is 80.8 Å². The van der Waals surface area contributed by atoms with Crippen LogP contribution in [0.4, 0.5) is 0 Å². The summed E-state index contributed by atoms with van der Waals surface area (Å²) < 4.78 is 10.6. The minimum atomic E-state index is -0.174. The van der Waals surface area contributed by atoms with Crippen LogP contribution in [0.5, 0.6) is 11.5 Å². The van der Waals surface area contributed by atoms with Crippen LogP contribution in [0, 0.1) is 5.92 Å². The monoisotopic (exact) mass is 410 g/mol. The Labute approximate surface area is 177 Å². The molecule has 0 aliphatic heterocycles. The van der Waals surface area contributed by atoms with Gasteiger partial charge in [-0.15, -0.1) is 0 Å². The summed E-state index contributed by atoms with van der Waals surface area (Å²) in [4.78, 5) is 20.2. The summed E-state index contributed by atoms with van der Waals surface area (Å²) >= 11 is 0. The molecule has 0 aliphatic carbocycles. The van der Waals surface area contributed by atoms with Crippen molar-refractivity contribution in [2.24, 2.45) is 5.92 Å². The Morgan fingerprint density at radius 1 is 0.967 bits per heavy atom. The van der Waals surface area contributed by atoms with Gasteiger partial charge in [0.1, 0.15) is 12.6 Å². The van der Waals surface area contributed by atoms with Crippen molar-refractivity contribution < 1.29 is 14.8 Å². The van der Waals surface area contributed by atoms with E-state index in [1.807, 2.05) is 0 Å². The van der Waals surface area contributed by atoms with Gasteiger partial charge in [-0.2, -0.15) is 0 Å². The quantitative estimate of drug-likeness (QED) is 0.595. The Hall–Kier alpha value is -2.86. The zero-order valence-electron chi connectivity index (χ0n) is 18.7. The van der Waals surface area contributed by atoms with Crippen molar-refractivity contribution in [3.05, 3.63) is 63.7 Å². The van der Waals surface area contributed by atoms with Crippen molar-refractivity contribution in [2.45, 2.75) is 46.2 Å². The first kappa shape index (κ1) is 21.8. The van der Waals surface area contributed by atoms with Crippen LogP contribution in [0.15, 0.2) is 41.2 Å². The smallest absolute Gasteiger partial charge is 0.259 e. The van der Waals surface area contributed by atoms with Gasteiger partial charge in [0.25, 0.3) is 5.56 Å². The summed E-state index contributed by atoms with van der Waals surface area (Å²) in [7, 11) is 3.12. The molecule has 30 heavy (non-hydrogen) atoms. The van der Waals surface area contributed by atoms with Crippen molar-refractivity contribution in [3.8, 4) is 11.5 Å². The number of aromatic amines is 1. The minimum Gasteiger partial charge on any atom is -0.493 e. The Morgan fingerprint density at radius 3 is 2.13 bits per heavy atom. The number of rotatable bonds is 8. The number of benzene rings is 2. The lowest BCUT2D eigenvalue weighted by Crippen LogP contribution is -2.85. The molecule has 0 spiro atoms. The molecule has 0 bridgehead atoms. The lowest BCUT2D eigenvalue weighted by molar-refractivity contribution is -0.718. The van der Waals surface area contributed by atoms with Crippen molar-refractivity contribution in [2.75, 3.05) is 14.2 Å². The van der Waals surface area contributed by atoms with E-state index in [0.717, 1.165) is 0 Å². The third-order valence-corrected chi connectivity index (χ3v) is 5.53. The second-order valence-corrected chi connectivity index (χ2v) is 8.27. The maximum absolute atomic E-state index is 12.6. The summed E-state index contributed by atoms with van der Waals surface area (Å²) in [5, 5.41) is 2.72. The van der Waals surface area contributed by atoms with Crippen LogP contribution >= 0.6 is 0 Å². The third kappa shape index (κ3) is 4.65. The summed E-state index contributed by atoms with van der Waals surface area (Å²) in [5.41, 5.74) is 3.05. The van der Waals surface area contributed by atoms with Crippen molar-refractivity contribution >= 4 is 10.9 Å². The molecule has 1 atom stereocenters. The summed E-state index contributed by atoms with van der Waals surface area (Å²) in [6.07, 6.45) is 0. The highest BCUT2D eigenvalue weighted by Gasteiger charge is 2.20. The molecule has 0 amide bonds. The molecule has 3 aromatic rings. The highest BCUT2D eigenvalue weighted by Crippen LogP contribution is 2.30. The molecule has 0 saturated carbocycles. The second-order valence-electron chi connectivity index (χ2n) is 8.27. The average molecular weight is 411 g/mol.